The fourth-order valence-corrected chi connectivity index (χ4v) is 4.05. The monoisotopic (exact) mass is 505 g/mol. The number of carbonyl (C=O) groups excluding carboxylic acids is 2. The Balaban J connectivity index is 1.38. The Morgan fingerprint density at radius 1 is 0.914 bits per heavy atom. The molecule has 0 bridgehead atoms. The third-order valence-corrected chi connectivity index (χ3v) is 5.92. The second-order valence-electron chi connectivity index (χ2n) is 7.66. The van der Waals surface area contributed by atoms with Crippen LogP contribution in [0.2, 0.25) is 10.0 Å². The quantitative estimate of drug-likeness (QED) is 0.255. The minimum atomic E-state index is -0.384. The first-order valence-electron chi connectivity index (χ1n) is 10.5. The molecule has 0 aliphatic rings. The van der Waals surface area contributed by atoms with Gasteiger partial charge in [-0.2, -0.15) is 0 Å². The van der Waals surface area contributed by atoms with Gasteiger partial charge < -0.3 is 15.6 Å². The number of rotatable bonds is 6. The third-order valence-electron chi connectivity index (χ3n) is 5.31. The van der Waals surface area contributed by atoms with Gasteiger partial charge in [0.2, 0.25) is 5.91 Å². The van der Waals surface area contributed by atoms with Crippen LogP contribution in [0.4, 0.5) is 11.4 Å². The minimum Gasteiger partial charge on any atom is -0.349 e. The number of fused-ring (bicyclic) bond motifs is 1. The van der Waals surface area contributed by atoms with Crippen LogP contribution in [0.25, 0.3) is 22.3 Å². The average molecular weight is 506 g/mol. The summed E-state index contributed by atoms with van der Waals surface area (Å²) in [6.07, 6.45) is 0.125. The van der Waals surface area contributed by atoms with E-state index < -0.39 is 0 Å². The molecule has 0 atom stereocenters. The molecule has 174 valence electrons. The molecular formula is C24H17Cl2N7O2. The van der Waals surface area contributed by atoms with E-state index in [0.717, 1.165) is 10.9 Å². The van der Waals surface area contributed by atoms with Crippen molar-refractivity contribution in [2.24, 2.45) is 0 Å². The number of hydrogen-bond acceptors (Lipinski definition) is 5. The van der Waals surface area contributed by atoms with Crippen molar-refractivity contribution in [2.45, 2.75) is 6.42 Å². The highest BCUT2D eigenvalue weighted by Gasteiger charge is 2.17. The van der Waals surface area contributed by atoms with Crippen molar-refractivity contribution in [3.8, 4) is 11.4 Å². The van der Waals surface area contributed by atoms with Gasteiger partial charge in [-0.15, -0.1) is 5.10 Å². The van der Waals surface area contributed by atoms with E-state index >= 15 is 0 Å². The minimum absolute atomic E-state index is 0.125. The molecule has 0 spiro atoms. The molecule has 3 aromatic carbocycles. The van der Waals surface area contributed by atoms with E-state index in [1.807, 2.05) is 18.2 Å². The molecule has 2 aromatic heterocycles. The van der Waals surface area contributed by atoms with Crippen LogP contribution in [0.1, 0.15) is 16.1 Å². The molecule has 0 fully saturated rings. The summed E-state index contributed by atoms with van der Waals surface area (Å²) < 4.78 is 0. The Kier molecular flexibility index (Phi) is 6.17. The van der Waals surface area contributed by atoms with Crippen LogP contribution in [-0.4, -0.2) is 37.4 Å². The molecule has 0 aliphatic heterocycles. The first-order chi connectivity index (χ1) is 17.0. The van der Waals surface area contributed by atoms with Gasteiger partial charge in [-0.1, -0.05) is 53.5 Å². The number of anilines is 2. The molecular weight excluding hydrogens is 489 g/mol. The van der Waals surface area contributed by atoms with Gasteiger partial charge in [0.15, 0.2) is 5.82 Å². The van der Waals surface area contributed by atoms with E-state index in [1.165, 1.54) is 0 Å². The molecule has 9 nitrogen and oxygen atoms in total. The van der Waals surface area contributed by atoms with Crippen molar-refractivity contribution in [3.63, 3.8) is 0 Å². The average Bonchev–Trinajstić information content (AvgIpc) is 3.52. The van der Waals surface area contributed by atoms with Gasteiger partial charge in [-0.3, -0.25) is 9.59 Å². The highest BCUT2D eigenvalue weighted by molar-refractivity contribution is 6.31. The molecule has 0 radical (unpaired) electrons. The molecule has 2 heterocycles. The van der Waals surface area contributed by atoms with Crippen LogP contribution in [0.15, 0.2) is 66.7 Å². The fourth-order valence-electron chi connectivity index (χ4n) is 3.68. The number of carbonyl (C=O) groups is 2. The summed E-state index contributed by atoms with van der Waals surface area (Å²) in [5, 5.41) is 21.2. The molecule has 0 unspecified atom stereocenters. The van der Waals surface area contributed by atoms with Crippen LogP contribution >= 0.6 is 23.2 Å². The third kappa shape index (κ3) is 4.86. The van der Waals surface area contributed by atoms with E-state index in [0.29, 0.717) is 44.0 Å². The maximum atomic E-state index is 13.1. The van der Waals surface area contributed by atoms with Gasteiger partial charge in [-0.05, 0) is 52.4 Å². The van der Waals surface area contributed by atoms with Crippen molar-refractivity contribution in [2.75, 3.05) is 10.6 Å². The van der Waals surface area contributed by atoms with E-state index in [9.17, 15) is 9.59 Å². The van der Waals surface area contributed by atoms with Crippen LogP contribution in [-0.2, 0) is 11.2 Å². The van der Waals surface area contributed by atoms with E-state index in [1.54, 1.807) is 48.5 Å². The number of nitrogens with zero attached hydrogens (tertiary/aromatic N) is 3. The van der Waals surface area contributed by atoms with Gasteiger partial charge in [-0.25, -0.2) is 5.10 Å². The van der Waals surface area contributed by atoms with Crippen molar-refractivity contribution in [3.05, 3.63) is 88.0 Å². The zero-order valence-electron chi connectivity index (χ0n) is 18.0. The first-order valence-corrected chi connectivity index (χ1v) is 11.2. The lowest BCUT2D eigenvalue weighted by Gasteiger charge is -2.09. The Bertz CT molecular complexity index is 1550. The SMILES string of the molecule is O=C(Cc1ccccc1Cl)Nc1cccc2cc(C(=O)Nc3ccc(Cl)cc3-c3nnn[nH]3)[nH]c12. The van der Waals surface area contributed by atoms with Crippen molar-refractivity contribution < 1.29 is 9.59 Å². The van der Waals surface area contributed by atoms with E-state index in [-0.39, 0.29) is 18.2 Å². The fraction of sp³-hybridized carbons (Fsp3) is 0.0417. The number of para-hydroxylation sites is 1. The largest absolute Gasteiger partial charge is 0.349 e. The van der Waals surface area contributed by atoms with Gasteiger partial charge in [0.05, 0.1) is 23.3 Å². The molecule has 0 saturated heterocycles. The van der Waals surface area contributed by atoms with E-state index in [2.05, 4.69) is 36.2 Å². The second kappa shape index (κ2) is 9.57. The predicted octanol–water partition coefficient (Wildman–Crippen LogP) is 5.09. The van der Waals surface area contributed by atoms with Crippen molar-refractivity contribution >= 4 is 57.3 Å². The predicted molar refractivity (Wildman–Crippen MR) is 135 cm³/mol. The number of aromatic amines is 2. The smallest absolute Gasteiger partial charge is 0.272 e. The van der Waals surface area contributed by atoms with Gasteiger partial charge in [0.1, 0.15) is 5.69 Å². The molecule has 35 heavy (non-hydrogen) atoms. The number of hydrogen-bond donors (Lipinski definition) is 4. The highest BCUT2D eigenvalue weighted by Crippen LogP contribution is 2.29. The lowest BCUT2D eigenvalue weighted by molar-refractivity contribution is -0.115. The topological polar surface area (TPSA) is 128 Å². The lowest BCUT2D eigenvalue weighted by atomic mass is 10.1. The summed E-state index contributed by atoms with van der Waals surface area (Å²) in [7, 11) is 0. The summed E-state index contributed by atoms with van der Waals surface area (Å²) in [6.45, 7) is 0. The number of tetrazole rings is 1. The molecule has 2 amide bonds. The van der Waals surface area contributed by atoms with Gasteiger partial charge in [0.25, 0.3) is 5.91 Å². The maximum Gasteiger partial charge on any atom is 0.272 e. The first kappa shape index (κ1) is 22.6. The summed E-state index contributed by atoms with van der Waals surface area (Å²) in [6, 6.07) is 19.3. The Hall–Kier alpha value is -4.21. The Labute approximate surface area is 208 Å². The van der Waals surface area contributed by atoms with Gasteiger partial charge >= 0.3 is 0 Å². The number of aromatic nitrogens is 5. The Morgan fingerprint density at radius 2 is 1.77 bits per heavy atom. The van der Waals surface area contributed by atoms with Crippen molar-refractivity contribution in [1.82, 2.24) is 25.6 Å². The van der Waals surface area contributed by atoms with Gasteiger partial charge in [0, 0.05) is 21.0 Å². The molecule has 0 aliphatic carbocycles. The summed E-state index contributed by atoms with van der Waals surface area (Å²) >= 11 is 12.3. The number of nitrogens with one attached hydrogen (secondary N) is 4. The summed E-state index contributed by atoms with van der Waals surface area (Å²) in [4.78, 5) is 28.8. The van der Waals surface area contributed by atoms with Crippen molar-refractivity contribution in [1.29, 1.82) is 0 Å². The maximum absolute atomic E-state index is 13.1. The normalized spacial score (nSPS) is 10.9. The number of amides is 2. The van der Waals surface area contributed by atoms with Crippen LogP contribution in [0, 0.1) is 0 Å². The molecule has 5 aromatic rings. The Morgan fingerprint density at radius 3 is 2.57 bits per heavy atom. The lowest BCUT2D eigenvalue weighted by Crippen LogP contribution is -2.15. The highest BCUT2D eigenvalue weighted by atomic mass is 35.5. The molecule has 0 saturated carbocycles. The molecule has 4 N–H and O–H groups in total. The molecule has 5 rings (SSSR count). The van der Waals surface area contributed by atoms with Crippen LogP contribution in [0.3, 0.4) is 0 Å². The zero-order chi connectivity index (χ0) is 24.4. The summed E-state index contributed by atoms with van der Waals surface area (Å²) in [5.41, 5.74) is 3.24. The summed E-state index contributed by atoms with van der Waals surface area (Å²) in [5.74, 6) is -0.244. The second-order valence-corrected chi connectivity index (χ2v) is 8.51. The van der Waals surface area contributed by atoms with Crippen LogP contribution < -0.4 is 10.6 Å². The zero-order valence-corrected chi connectivity index (χ0v) is 19.5. The van der Waals surface area contributed by atoms with E-state index in [4.69, 9.17) is 23.2 Å². The number of benzene rings is 3. The van der Waals surface area contributed by atoms with Crippen LogP contribution in [0.5, 0.6) is 0 Å². The number of halogens is 2. The number of H-pyrrole nitrogens is 2. The standard InChI is InChI=1S/C24H17Cl2N7O2/c25-15-8-9-18(16(12-15)23-30-32-33-31-23)29-24(35)20-10-14-5-3-7-19(22(14)28-20)27-21(34)11-13-4-1-2-6-17(13)26/h1-10,12,28H,11H2,(H,27,34)(H,29,35)(H,30,31,32,33). The molecule has 11 heteroatoms.